The maximum Gasteiger partial charge on any atom is 0.227 e. The zero-order chi connectivity index (χ0) is 18.6. The van der Waals surface area contributed by atoms with E-state index in [0.29, 0.717) is 23.1 Å². The Hall–Kier alpha value is -0.750. The van der Waals surface area contributed by atoms with Gasteiger partial charge in [-0.15, -0.1) is 12.4 Å². The van der Waals surface area contributed by atoms with Crippen molar-refractivity contribution in [2.24, 2.45) is 23.5 Å². The van der Waals surface area contributed by atoms with Gasteiger partial charge in [-0.1, -0.05) is 18.6 Å². The molecule has 1 saturated heterocycles. The summed E-state index contributed by atoms with van der Waals surface area (Å²) in [7, 11) is 0. The molecule has 1 heterocycles. The van der Waals surface area contributed by atoms with Gasteiger partial charge in [0.1, 0.15) is 0 Å². The number of carbonyl (C=O) groups is 1. The van der Waals surface area contributed by atoms with Crippen molar-refractivity contribution in [1.82, 2.24) is 0 Å². The van der Waals surface area contributed by atoms with Gasteiger partial charge in [-0.2, -0.15) is 11.8 Å². The van der Waals surface area contributed by atoms with E-state index in [4.69, 9.17) is 10.5 Å². The molecule has 4 rings (SSSR count). The summed E-state index contributed by atoms with van der Waals surface area (Å²) in [5.74, 6) is 2.39. The average Bonchev–Trinajstić information content (AvgIpc) is 2.67. The number of carbonyl (C=O) groups excluding carboxylic acids is 1. The van der Waals surface area contributed by atoms with Crippen LogP contribution < -0.4 is 11.1 Å². The normalized spacial score (nSPS) is 30.3. The molecule has 1 amide bonds. The Morgan fingerprint density at radius 3 is 2.57 bits per heavy atom. The van der Waals surface area contributed by atoms with Crippen molar-refractivity contribution >= 4 is 35.8 Å². The molecule has 156 valence electrons. The van der Waals surface area contributed by atoms with Gasteiger partial charge >= 0.3 is 0 Å². The molecular formula is C22H33ClN2O2S. The van der Waals surface area contributed by atoms with Crippen LogP contribution >= 0.6 is 24.2 Å². The number of rotatable bonds is 5. The van der Waals surface area contributed by atoms with E-state index < -0.39 is 0 Å². The van der Waals surface area contributed by atoms with Crippen LogP contribution in [0.15, 0.2) is 24.3 Å². The second-order valence-electron chi connectivity index (χ2n) is 8.51. The molecule has 2 unspecified atom stereocenters. The minimum absolute atomic E-state index is 0. The number of ether oxygens (including phenoxy) is 1. The third kappa shape index (κ3) is 5.44. The second-order valence-corrected chi connectivity index (χ2v) is 9.80. The van der Waals surface area contributed by atoms with Gasteiger partial charge < -0.3 is 15.8 Å². The lowest BCUT2D eigenvalue weighted by Gasteiger charge is -2.43. The number of halogens is 1. The molecule has 1 aromatic carbocycles. The van der Waals surface area contributed by atoms with E-state index >= 15 is 0 Å². The number of hydrogen-bond acceptors (Lipinski definition) is 4. The van der Waals surface area contributed by atoms with Crippen LogP contribution in [0.2, 0.25) is 0 Å². The molecule has 1 aliphatic heterocycles. The number of hydrogen-bond donors (Lipinski definition) is 2. The molecule has 2 saturated carbocycles. The maximum atomic E-state index is 12.9. The highest BCUT2D eigenvalue weighted by atomic mass is 35.5. The summed E-state index contributed by atoms with van der Waals surface area (Å²) in [6, 6.07) is 8.68. The molecule has 2 aliphatic carbocycles. The third-order valence-electron chi connectivity index (χ3n) is 6.63. The van der Waals surface area contributed by atoms with Gasteiger partial charge in [0.15, 0.2) is 0 Å². The molecule has 2 atom stereocenters. The van der Waals surface area contributed by atoms with Gasteiger partial charge in [0.25, 0.3) is 0 Å². The number of benzene rings is 1. The highest BCUT2D eigenvalue weighted by molar-refractivity contribution is 7.99. The molecule has 0 aromatic heterocycles. The molecule has 2 bridgehead atoms. The fourth-order valence-corrected chi connectivity index (χ4v) is 6.18. The van der Waals surface area contributed by atoms with Crippen molar-refractivity contribution in [1.29, 1.82) is 0 Å². The van der Waals surface area contributed by atoms with E-state index in [-0.39, 0.29) is 24.2 Å². The van der Waals surface area contributed by atoms with Crippen molar-refractivity contribution in [3.05, 3.63) is 29.8 Å². The van der Waals surface area contributed by atoms with Crippen LogP contribution in [0.5, 0.6) is 0 Å². The van der Waals surface area contributed by atoms with Crippen molar-refractivity contribution in [3.63, 3.8) is 0 Å². The molecule has 3 N–H and O–H groups in total. The lowest BCUT2D eigenvalue weighted by molar-refractivity contribution is -0.122. The van der Waals surface area contributed by atoms with Crippen LogP contribution in [-0.2, 0) is 15.3 Å². The Morgan fingerprint density at radius 2 is 1.86 bits per heavy atom. The van der Waals surface area contributed by atoms with Crippen LogP contribution in [0.4, 0.5) is 5.69 Å². The minimum atomic E-state index is 0. The molecular weight excluding hydrogens is 392 g/mol. The highest BCUT2D eigenvalue weighted by Crippen LogP contribution is 2.42. The number of thioether (sulfide) groups is 1. The van der Waals surface area contributed by atoms with E-state index in [1.165, 1.54) is 24.8 Å². The second kappa shape index (κ2) is 10.3. The number of nitrogens with one attached hydrogen (secondary N) is 1. The van der Waals surface area contributed by atoms with Crippen LogP contribution in [-0.4, -0.2) is 30.4 Å². The predicted octanol–water partition coefficient (Wildman–Crippen LogP) is 4.61. The Bertz CT molecular complexity index is 639. The van der Waals surface area contributed by atoms with Crippen molar-refractivity contribution in [2.75, 3.05) is 18.5 Å². The summed E-state index contributed by atoms with van der Waals surface area (Å²) in [6.45, 7) is 1.78. The molecule has 3 fully saturated rings. The van der Waals surface area contributed by atoms with Gasteiger partial charge in [0.05, 0.1) is 0 Å². The number of amides is 1. The van der Waals surface area contributed by atoms with Crippen molar-refractivity contribution in [2.45, 2.75) is 62.0 Å². The largest absolute Gasteiger partial charge is 0.381 e. The number of nitrogens with two attached hydrogens (primary N) is 1. The summed E-state index contributed by atoms with van der Waals surface area (Å²) >= 11 is 2.01. The molecule has 0 spiro atoms. The lowest BCUT2D eigenvalue weighted by Crippen LogP contribution is -2.48. The molecule has 0 radical (unpaired) electrons. The standard InChI is InChI=1S/C22H32N2O2S.ClH/c23-21-16-4-2-5-17(21)13-18(12-16)22(25)24-19-6-1-3-15(11-19)14-27-20-7-9-26-10-8-20;/h1,3,6,11,16-18,20-21H,2,4-5,7-10,12-14,23H2,(H,24,25);1H. The van der Waals surface area contributed by atoms with E-state index in [9.17, 15) is 4.79 Å². The molecule has 1 aromatic rings. The Labute approximate surface area is 179 Å². The van der Waals surface area contributed by atoms with Gasteiger partial charge in [0.2, 0.25) is 5.91 Å². The van der Waals surface area contributed by atoms with Gasteiger partial charge in [-0.3, -0.25) is 4.79 Å². The first-order valence-electron chi connectivity index (χ1n) is 10.5. The highest BCUT2D eigenvalue weighted by Gasteiger charge is 2.40. The molecule has 6 heteroatoms. The molecule has 28 heavy (non-hydrogen) atoms. The predicted molar refractivity (Wildman–Crippen MR) is 119 cm³/mol. The minimum Gasteiger partial charge on any atom is -0.381 e. The summed E-state index contributed by atoms with van der Waals surface area (Å²) in [5, 5.41) is 3.88. The van der Waals surface area contributed by atoms with Crippen LogP contribution in [0.25, 0.3) is 0 Å². The number of anilines is 1. The summed E-state index contributed by atoms with van der Waals surface area (Å²) < 4.78 is 5.44. The first kappa shape index (κ1) is 21.9. The quantitative estimate of drug-likeness (QED) is 0.724. The van der Waals surface area contributed by atoms with Crippen LogP contribution in [0.1, 0.15) is 50.5 Å². The van der Waals surface area contributed by atoms with Crippen LogP contribution in [0.3, 0.4) is 0 Å². The average molecular weight is 425 g/mol. The van der Waals surface area contributed by atoms with E-state index in [1.54, 1.807) is 0 Å². The van der Waals surface area contributed by atoms with E-state index in [1.807, 2.05) is 17.8 Å². The fraction of sp³-hybridized carbons (Fsp3) is 0.682. The Balaban J connectivity index is 0.00000225. The zero-order valence-electron chi connectivity index (χ0n) is 16.5. The smallest absolute Gasteiger partial charge is 0.227 e. The first-order chi connectivity index (χ1) is 13.2. The maximum absolute atomic E-state index is 12.9. The lowest BCUT2D eigenvalue weighted by atomic mass is 9.65. The third-order valence-corrected chi connectivity index (χ3v) is 8.08. The zero-order valence-corrected chi connectivity index (χ0v) is 18.1. The summed E-state index contributed by atoms with van der Waals surface area (Å²) in [6.07, 6.45) is 7.89. The Kier molecular flexibility index (Phi) is 8.10. The molecule has 4 nitrogen and oxygen atoms in total. The van der Waals surface area contributed by atoms with Gasteiger partial charge in [0, 0.05) is 41.9 Å². The molecule has 3 aliphatic rings. The number of fused-ring (bicyclic) bond motifs is 2. The van der Waals surface area contributed by atoms with Gasteiger partial charge in [-0.05, 0) is 68.1 Å². The SMILES string of the molecule is Cl.NC1C2CCCC1CC(C(=O)Nc1cccc(CSC3CCOCC3)c1)C2. The van der Waals surface area contributed by atoms with E-state index in [0.717, 1.165) is 50.3 Å². The van der Waals surface area contributed by atoms with Crippen LogP contribution in [0, 0.1) is 17.8 Å². The fourth-order valence-electron chi connectivity index (χ4n) is 5.04. The first-order valence-corrected chi connectivity index (χ1v) is 11.6. The Morgan fingerprint density at radius 1 is 1.14 bits per heavy atom. The van der Waals surface area contributed by atoms with Crippen molar-refractivity contribution in [3.8, 4) is 0 Å². The monoisotopic (exact) mass is 424 g/mol. The topological polar surface area (TPSA) is 64.4 Å². The van der Waals surface area contributed by atoms with E-state index in [2.05, 4.69) is 23.5 Å². The summed E-state index contributed by atoms with van der Waals surface area (Å²) in [4.78, 5) is 12.9. The summed E-state index contributed by atoms with van der Waals surface area (Å²) in [5.41, 5.74) is 8.59. The van der Waals surface area contributed by atoms with Gasteiger partial charge in [-0.25, -0.2) is 0 Å². The van der Waals surface area contributed by atoms with Crippen molar-refractivity contribution < 1.29 is 9.53 Å².